The molecule has 0 aliphatic carbocycles. The maximum Gasteiger partial charge on any atom is 0.0931 e. The highest BCUT2D eigenvalue weighted by Crippen LogP contribution is 2.10. The molecule has 72 valence electrons. The van der Waals surface area contributed by atoms with Crippen LogP contribution in [0.2, 0.25) is 0 Å². The van der Waals surface area contributed by atoms with Gasteiger partial charge in [-0.2, -0.15) is 5.10 Å². The van der Waals surface area contributed by atoms with Crippen molar-refractivity contribution >= 4 is 0 Å². The number of aliphatic hydroxyl groups is 1. The molecule has 4 nitrogen and oxygen atoms in total. The highest BCUT2D eigenvalue weighted by atomic mass is 16.3. The summed E-state index contributed by atoms with van der Waals surface area (Å²) in [4.78, 5) is 4.12. The lowest BCUT2D eigenvalue weighted by molar-refractivity contribution is 0.194. The van der Waals surface area contributed by atoms with Gasteiger partial charge in [0.25, 0.3) is 0 Å². The van der Waals surface area contributed by atoms with E-state index in [4.69, 9.17) is 0 Å². The molecule has 1 unspecified atom stereocenters. The lowest BCUT2D eigenvalue weighted by Crippen LogP contribution is -1.99. The van der Waals surface area contributed by atoms with Crippen LogP contribution in [-0.4, -0.2) is 19.9 Å². The van der Waals surface area contributed by atoms with Crippen LogP contribution in [0.5, 0.6) is 0 Å². The summed E-state index contributed by atoms with van der Waals surface area (Å²) in [5, 5.41) is 13.3. The lowest BCUT2D eigenvalue weighted by Gasteiger charge is -2.04. The molecule has 0 aliphatic heterocycles. The van der Waals surface area contributed by atoms with E-state index < -0.39 is 6.10 Å². The molecule has 1 atom stereocenters. The first kappa shape index (κ1) is 8.90. The molecule has 2 rings (SSSR count). The van der Waals surface area contributed by atoms with Crippen molar-refractivity contribution in [3.63, 3.8) is 0 Å². The second-order valence-electron chi connectivity index (χ2n) is 3.07. The van der Waals surface area contributed by atoms with Crippen LogP contribution in [0.3, 0.4) is 0 Å². The van der Waals surface area contributed by atoms with E-state index in [9.17, 15) is 5.11 Å². The standard InChI is InChI=1S/C10H11N3O/c1-8(14)10-4-3-9(7-11-10)13-6-2-5-12-13/h2-8,14H,1H3. The van der Waals surface area contributed by atoms with E-state index >= 15 is 0 Å². The van der Waals surface area contributed by atoms with Crippen molar-refractivity contribution in [1.82, 2.24) is 14.8 Å². The number of aliphatic hydroxyl groups excluding tert-OH is 1. The highest BCUT2D eigenvalue weighted by molar-refractivity contribution is 5.28. The van der Waals surface area contributed by atoms with E-state index in [1.807, 2.05) is 18.3 Å². The molecule has 0 radical (unpaired) electrons. The van der Waals surface area contributed by atoms with Crippen LogP contribution in [0.25, 0.3) is 5.69 Å². The third kappa shape index (κ3) is 1.65. The molecule has 2 aromatic rings. The molecule has 0 spiro atoms. The fraction of sp³-hybridized carbons (Fsp3) is 0.200. The smallest absolute Gasteiger partial charge is 0.0931 e. The average Bonchev–Trinajstić information content (AvgIpc) is 2.71. The van der Waals surface area contributed by atoms with Crippen molar-refractivity contribution in [1.29, 1.82) is 0 Å². The van der Waals surface area contributed by atoms with Gasteiger partial charge in [-0.05, 0) is 25.1 Å². The van der Waals surface area contributed by atoms with E-state index in [-0.39, 0.29) is 0 Å². The van der Waals surface area contributed by atoms with Crippen molar-refractivity contribution in [2.75, 3.05) is 0 Å². The van der Waals surface area contributed by atoms with Crippen LogP contribution in [0.15, 0.2) is 36.8 Å². The van der Waals surface area contributed by atoms with E-state index in [0.717, 1.165) is 5.69 Å². The number of pyridine rings is 1. The SMILES string of the molecule is CC(O)c1ccc(-n2cccn2)cn1. The second-order valence-corrected chi connectivity index (χ2v) is 3.07. The van der Waals surface area contributed by atoms with Crippen molar-refractivity contribution in [3.05, 3.63) is 42.5 Å². The molecule has 0 amide bonds. The van der Waals surface area contributed by atoms with Crippen molar-refractivity contribution in [2.45, 2.75) is 13.0 Å². The monoisotopic (exact) mass is 189 g/mol. The summed E-state index contributed by atoms with van der Waals surface area (Å²) in [7, 11) is 0. The van der Waals surface area contributed by atoms with Gasteiger partial charge in [-0.25, -0.2) is 4.68 Å². The summed E-state index contributed by atoms with van der Waals surface area (Å²) in [5.74, 6) is 0. The molecule has 4 heteroatoms. The van der Waals surface area contributed by atoms with Gasteiger partial charge >= 0.3 is 0 Å². The molecule has 0 saturated carbocycles. The highest BCUT2D eigenvalue weighted by Gasteiger charge is 2.02. The number of hydrogen-bond donors (Lipinski definition) is 1. The quantitative estimate of drug-likeness (QED) is 0.775. The van der Waals surface area contributed by atoms with Gasteiger partial charge in [0.05, 0.1) is 23.7 Å². The van der Waals surface area contributed by atoms with Gasteiger partial charge in [0.1, 0.15) is 0 Å². The Morgan fingerprint density at radius 2 is 2.29 bits per heavy atom. The summed E-state index contributed by atoms with van der Waals surface area (Å²) < 4.78 is 1.72. The van der Waals surface area contributed by atoms with E-state index in [1.54, 1.807) is 30.1 Å². The Balaban J connectivity index is 2.31. The molecular formula is C10H11N3O. The minimum atomic E-state index is -0.526. The maximum atomic E-state index is 9.26. The van der Waals surface area contributed by atoms with Crippen LogP contribution < -0.4 is 0 Å². The number of aromatic nitrogens is 3. The zero-order valence-corrected chi connectivity index (χ0v) is 7.83. The molecule has 2 heterocycles. The largest absolute Gasteiger partial charge is 0.387 e. The predicted octanol–water partition coefficient (Wildman–Crippen LogP) is 1.32. The Bertz CT molecular complexity index is 392. The first-order valence-electron chi connectivity index (χ1n) is 4.41. The third-order valence-corrected chi connectivity index (χ3v) is 1.97. The summed E-state index contributed by atoms with van der Waals surface area (Å²) in [6.45, 7) is 1.69. The summed E-state index contributed by atoms with van der Waals surface area (Å²) in [5.41, 5.74) is 1.56. The van der Waals surface area contributed by atoms with Gasteiger partial charge in [0.2, 0.25) is 0 Å². The molecule has 0 fully saturated rings. The molecular weight excluding hydrogens is 178 g/mol. The van der Waals surface area contributed by atoms with E-state index in [0.29, 0.717) is 5.69 Å². The molecule has 2 aromatic heterocycles. The molecule has 1 N–H and O–H groups in total. The molecule has 0 aliphatic rings. The van der Waals surface area contributed by atoms with Gasteiger partial charge in [-0.15, -0.1) is 0 Å². The van der Waals surface area contributed by atoms with Gasteiger partial charge in [0, 0.05) is 12.4 Å². The Hall–Kier alpha value is -1.68. The summed E-state index contributed by atoms with van der Waals surface area (Å²) >= 11 is 0. The number of hydrogen-bond acceptors (Lipinski definition) is 3. The molecule has 0 saturated heterocycles. The number of rotatable bonds is 2. The topological polar surface area (TPSA) is 50.9 Å². The lowest BCUT2D eigenvalue weighted by atomic mass is 10.2. The van der Waals surface area contributed by atoms with Gasteiger partial charge in [-0.3, -0.25) is 4.98 Å². The number of nitrogens with zero attached hydrogens (tertiary/aromatic N) is 3. The normalized spacial score (nSPS) is 12.7. The second kappa shape index (κ2) is 3.59. The minimum absolute atomic E-state index is 0.526. The molecule has 0 bridgehead atoms. The van der Waals surface area contributed by atoms with E-state index in [1.165, 1.54) is 0 Å². The fourth-order valence-electron chi connectivity index (χ4n) is 1.20. The van der Waals surface area contributed by atoms with Gasteiger partial charge in [-0.1, -0.05) is 0 Å². The summed E-state index contributed by atoms with van der Waals surface area (Å²) in [6.07, 6.45) is 4.72. The maximum absolute atomic E-state index is 9.26. The molecule has 0 aromatic carbocycles. The zero-order chi connectivity index (χ0) is 9.97. The van der Waals surface area contributed by atoms with Crippen LogP contribution in [0.4, 0.5) is 0 Å². The van der Waals surface area contributed by atoms with Crippen LogP contribution in [-0.2, 0) is 0 Å². The predicted molar refractivity (Wildman–Crippen MR) is 52.0 cm³/mol. The Kier molecular flexibility index (Phi) is 2.28. The first-order chi connectivity index (χ1) is 6.77. The van der Waals surface area contributed by atoms with Gasteiger partial charge < -0.3 is 5.11 Å². The zero-order valence-electron chi connectivity index (χ0n) is 7.83. The third-order valence-electron chi connectivity index (χ3n) is 1.97. The Morgan fingerprint density at radius 3 is 2.79 bits per heavy atom. The summed E-state index contributed by atoms with van der Waals surface area (Å²) in [6, 6.07) is 5.52. The fourth-order valence-corrected chi connectivity index (χ4v) is 1.20. The Morgan fingerprint density at radius 1 is 1.43 bits per heavy atom. The van der Waals surface area contributed by atoms with Gasteiger partial charge in [0.15, 0.2) is 0 Å². The van der Waals surface area contributed by atoms with Crippen molar-refractivity contribution in [3.8, 4) is 5.69 Å². The average molecular weight is 189 g/mol. The van der Waals surface area contributed by atoms with Crippen LogP contribution >= 0.6 is 0 Å². The van der Waals surface area contributed by atoms with Crippen LogP contribution in [0.1, 0.15) is 18.7 Å². The first-order valence-corrected chi connectivity index (χ1v) is 4.41. The molecule has 14 heavy (non-hydrogen) atoms. The van der Waals surface area contributed by atoms with Crippen LogP contribution in [0, 0.1) is 0 Å². The van der Waals surface area contributed by atoms with Crippen molar-refractivity contribution in [2.24, 2.45) is 0 Å². The minimum Gasteiger partial charge on any atom is -0.387 e. The van der Waals surface area contributed by atoms with E-state index in [2.05, 4.69) is 10.1 Å². The van der Waals surface area contributed by atoms with Crippen molar-refractivity contribution < 1.29 is 5.11 Å². The Labute approximate surface area is 81.8 Å².